The highest BCUT2D eigenvalue weighted by Gasteiger charge is 2.19. The minimum atomic E-state index is -3.90. The zero-order valence-electron chi connectivity index (χ0n) is 18.1. The fourth-order valence-corrected chi connectivity index (χ4v) is 4.38. The van der Waals surface area contributed by atoms with E-state index < -0.39 is 17.1 Å². The molecular weight excluding hydrogens is 443 g/mol. The summed E-state index contributed by atoms with van der Waals surface area (Å²) in [4.78, 5) is 13.6. The fraction of sp³-hybridized carbons (Fsp3) is 0.190. The number of aryl methyl sites for hydroxylation is 2. The van der Waals surface area contributed by atoms with Gasteiger partial charge in [-0.2, -0.15) is 15.0 Å². The van der Waals surface area contributed by atoms with Gasteiger partial charge in [0.1, 0.15) is 5.82 Å². The van der Waals surface area contributed by atoms with Gasteiger partial charge in [0.05, 0.1) is 10.4 Å². The molecule has 0 aliphatic heterocycles. The number of nitrogens with two attached hydrogens (primary N) is 1. The van der Waals surface area contributed by atoms with Crippen LogP contribution in [0.2, 0.25) is 0 Å². The van der Waals surface area contributed by atoms with Gasteiger partial charge in [-0.15, -0.1) is 0 Å². The van der Waals surface area contributed by atoms with Crippen LogP contribution in [0.25, 0.3) is 16.9 Å². The average Bonchev–Trinajstić information content (AvgIpc) is 3.12. The van der Waals surface area contributed by atoms with Gasteiger partial charge in [-0.3, -0.25) is 4.57 Å². The largest absolute Gasteiger partial charge is 0.488 e. The highest BCUT2D eigenvalue weighted by Crippen LogP contribution is 2.28. The van der Waals surface area contributed by atoms with Crippen molar-refractivity contribution in [1.29, 1.82) is 0 Å². The van der Waals surface area contributed by atoms with Crippen molar-refractivity contribution in [2.24, 2.45) is 5.14 Å². The van der Waals surface area contributed by atoms with E-state index in [1.807, 2.05) is 19.9 Å². The molecule has 2 aromatic carbocycles. The predicted molar refractivity (Wildman–Crippen MR) is 126 cm³/mol. The molecular formula is C21H23BN6O4S. The third-order valence-electron chi connectivity index (χ3n) is 5.18. The molecule has 0 aliphatic rings. The lowest BCUT2D eigenvalue weighted by atomic mass is 9.80. The molecule has 0 radical (unpaired) electrons. The summed E-state index contributed by atoms with van der Waals surface area (Å²) in [6, 6.07) is 13.5. The summed E-state index contributed by atoms with van der Waals surface area (Å²) in [6.45, 7) is 4.12. The second-order valence-electron chi connectivity index (χ2n) is 7.56. The van der Waals surface area contributed by atoms with Crippen LogP contribution in [0.4, 0.5) is 5.95 Å². The van der Waals surface area contributed by atoms with Gasteiger partial charge in [-0.1, -0.05) is 37.3 Å². The quantitative estimate of drug-likeness (QED) is 0.289. The van der Waals surface area contributed by atoms with Crippen LogP contribution in [0.1, 0.15) is 24.0 Å². The Morgan fingerprint density at radius 3 is 2.55 bits per heavy atom. The van der Waals surface area contributed by atoms with Crippen LogP contribution in [0, 0.1) is 6.92 Å². The van der Waals surface area contributed by atoms with Crippen molar-refractivity contribution in [3.8, 4) is 5.95 Å². The molecule has 0 saturated carbocycles. The van der Waals surface area contributed by atoms with E-state index in [1.54, 1.807) is 41.0 Å². The van der Waals surface area contributed by atoms with Crippen LogP contribution in [0.15, 0.2) is 53.4 Å². The first-order chi connectivity index (χ1) is 15.7. The molecule has 4 aromatic rings. The van der Waals surface area contributed by atoms with Crippen molar-refractivity contribution in [3.05, 3.63) is 65.6 Å². The number of aromatic nitrogens is 4. The maximum absolute atomic E-state index is 12.0. The van der Waals surface area contributed by atoms with Gasteiger partial charge in [-0.25, -0.2) is 13.6 Å². The number of hydrogen-bond donors (Lipinski definition) is 4. The molecule has 0 unspecified atom stereocenters. The second kappa shape index (κ2) is 8.91. The van der Waals surface area contributed by atoms with E-state index >= 15 is 0 Å². The van der Waals surface area contributed by atoms with Crippen LogP contribution < -0.4 is 15.9 Å². The van der Waals surface area contributed by atoms with Gasteiger partial charge in [0.2, 0.25) is 21.9 Å². The molecule has 10 nitrogen and oxygen atoms in total. The lowest BCUT2D eigenvalue weighted by Crippen LogP contribution is -2.30. The summed E-state index contributed by atoms with van der Waals surface area (Å²) in [5.74, 6) is 1.25. The Kier molecular flexibility index (Phi) is 6.17. The number of sulfonamides is 1. The molecule has 0 bridgehead atoms. The number of rotatable bonds is 7. The molecule has 170 valence electrons. The lowest BCUT2D eigenvalue weighted by molar-refractivity contribution is 0.425. The molecule has 33 heavy (non-hydrogen) atoms. The van der Waals surface area contributed by atoms with Crippen LogP contribution in [0.3, 0.4) is 0 Å². The summed E-state index contributed by atoms with van der Waals surface area (Å²) in [6.07, 6.45) is 0.567. The highest BCUT2D eigenvalue weighted by molar-refractivity contribution is 7.89. The summed E-state index contributed by atoms with van der Waals surface area (Å²) >= 11 is 0. The smallest absolute Gasteiger partial charge is 0.423 e. The number of primary sulfonamides is 1. The number of anilines is 1. The van der Waals surface area contributed by atoms with E-state index in [2.05, 4.69) is 20.3 Å². The van der Waals surface area contributed by atoms with Gasteiger partial charge in [0, 0.05) is 24.0 Å². The van der Waals surface area contributed by atoms with Crippen molar-refractivity contribution in [1.82, 2.24) is 19.5 Å². The van der Waals surface area contributed by atoms with E-state index in [0.29, 0.717) is 47.1 Å². The third kappa shape index (κ3) is 4.73. The SMILES string of the molecule is CCc1nc(NCc2cccc(B(O)O)c2)nc(-n2c(C)cc3c(S(N)(=O)=O)cccc32)n1. The first-order valence-corrected chi connectivity index (χ1v) is 11.8. The van der Waals surface area contributed by atoms with Crippen molar-refractivity contribution >= 4 is 39.5 Å². The molecule has 0 atom stereocenters. The molecule has 4 rings (SSSR count). The first kappa shape index (κ1) is 22.9. The average molecular weight is 466 g/mol. The number of hydrogen-bond acceptors (Lipinski definition) is 8. The normalized spacial score (nSPS) is 11.7. The molecule has 5 N–H and O–H groups in total. The molecule has 12 heteroatoms. The van der Waals surface area contributed by atoms with E-state index in [4.69, 9.17) is 5.14 Å². The van der Waals surface area contributed by atoms with Crippen molar-refractivity contribution in [3.63, 3.8) is 0 Å². The van der Waals surface area contributed by atoms with Crippen LogP contribution >= 0.6 is 0 Å². The van der Waals surface area contributed by atoms with E-state index in [0.717, 1.165) is 11.3 Å². The van der Waals surface area contributed by atoms with Gasteiger partial charge < -0.3 is 15.4 Å². The van der Waals surface area contributed by atoms with E-state index in [-0.39, 0.29) is 4.90 Å². The second-order valence-corrected chi connectivity index (χ2v) is 9.09. The Hall–Kier alpha value is -3.32. The van der Waals surface area contributed by atoms with Gasteiger partial charge in [0.25, 0.3) is 0 Å². The third-order valence-corrected chi connectivity index (χ3v) is 6.15. The van der Waals surface area contributed by atoms with E-state index in [1.165, 1.54) is 6.07 Å². The molecule has 0 fully saturated rings. The molecule has 0 saturated heterocycles. The maximum Gasteiger partial charge on any atom is 0.488 e. The monoisotopic (exact) mass is 466 g/mol. The fourth-order valence-electron chi connectivity index (χ4n) is 3.64. The summed E-state index contributed by atoms with van der Waals surface area (Å²) in [7, 11) is -5.45. The standard InChI is InChI=1S/C21H23BN6O4S/c1-3-19-25-20(24-12-14-6-4-7-15(11-14)22(29)30)27-21(26-19)28-13(2)10-16-17(28)8-5-9-18(16)33(23,31)32/h4-11,29-30H,3,12H2,1-2H3,(H2,23,31,32)(H,24,25,26,27). The van der Waals surface area contributed by atoms with E-state index in [9.17, 15) is 18.5 Å². The Morgan fingerprint density at radius 1 is 1.09 bits per heavy atom. The molecule has 2 aromatic heterocycles. The van der Waals surface area contributed by atoms with Gasteiger partial charge in [0.15, 0.2) is 0 Å². The lowest BCUT2D eigenvalue weighted by Gasteiger charge is -2.12. The number of fused-ring (bicyclic) bond motifs is 1. The van der Waals surface area contributed by atoms with Crippen LogP contribution in [0.5, 0.6) is 0 Å². The predicted octanol–water partition coefficient (Wildman–Crippen LogP) is 0.626. The van der Waals surface area contributed by atoms with Crippen LogP contribution in [-0.2, 0) is 23.0 Å². The minimum Gasteiger partial charge on any atom is -0.423 e. The Balaban J connectivity index is 1.74. The van der Waals surface area contributed by atoms with Crippen molar-refractivity contribution < 1.29 is 18.5 Å². The van der Waals surface area contributed by atoms with Gasteiger partial charge >= 0.3 is 7.12 Å². The molecule has 0 amide bonds. The Bertz CT molecular complexity index is 1440. The summed E-state index contributed by atoms with van der Waals surface area (Å²) in [5, 5.41) is 27.8. The zero-order chi connectivity index (χ0) is 23.8. The number of benzene rings is 2. The maximum atomic E-state index is 12.0. The highest BCUT2D eigenvalue weighted by atomic mass is 32.2. The Labute approximate surface area is 191 Å². The number of nitrogens with one attached hydrogen (secondary N) is 1. The minimum absolute atomic E-state index is 0.0379. The molecule has 2 heterocycles. The zero-order valence-corrected chi connectivity index (χ0v) is 18.9. The summed E-state index contributed by atoms with van der Waals surface area (Å²) in [5.41, 5.74) is 2.56. The number of nitrogens with zero attached hydrogens (tertiary/aromatic N) is 4. The van der Waals surface area contributed by atoms with Crippen LogP contribution in [-0.4, -0.2) is 45.1 Å². The topological polar surface area (TPSA) is 156 Å². The first-order valence-electron chi connectivity index (χ1n) is 10.3. The summed E-state index contributed by atoms with van der Waals surface area (Å²) < 4.78 is 25.8. The van der Waals surface area contributed by atoms with Crippen molar-refractivity contribution in [2.75, 3.05) is 5.32 Å². The molecule has 0 aliphatic carbocycles. The van der Waals surface area contributed by atoms with Crippen molar-refractivity contribution in [2.45, 2.75) is 31.7 Å². The Morgan fingerprint density at radius 2 is 1.85 bits per heavy atom. The molecule has 0 spiro atoms. The van der Waals surface area contributed by atoms with Gasteiger partial charge in [-0.05, 0) is 36.1 Å².